The molecule has 0 fully saturated rings. The highest BCUT2D eigenvalue weighted by Crippen LogP contribution is 2.15. The van der Waals surface area contributed by atoms with Crippen LogP contribution in [0.2, 0.25) is 0 Å². The van der Waals surface area contributed by atoms with Gasteiger partial charge in [-0.25, -0.2) is 0 Å². The van der Waals surface area contributed by atoms with Crippen molar-refractivity contribution < 1.29 is 9.53 Å². The lowest BCUT2D eigenvalue weighted by Gasteiger charge is -2.16. The topological polar surface area (TPSA) is 41.6 Å². The Kier molecular flexibility index (Phi) is 6.68. The van der Waals surface area contributed by atoms with Gasteiger partial charge in [0.25, 0.3) is 0 Å². The first-order chi connectivity index (χ1) is 9.13. The zero-order valence-electron chi connectivity index (χ0n) is 11.7. The summed E-state index contributed by atoms with van der Waals surface area (Å²) in [6, 6.07) is 7.90. The van der Waals surface area contributed by atoms with Gasteiger partial charge in [0.05, 0.1) is 6.54 Å². The van der Waals surface area contributed by atoms with Gasteiger partial charge in [-0.2, -0.15) is 0 Å². The number of para-hydroxylation sites is 1. The van der Waals surface area contributed by atoms with E-state index in [0.29, 0.717) is 26.2 Å². The van der Waals surface area contributed by atoms with Crippen molar-refractivity contribution in [2.45, 2.75) is 6.92 Å². The van der Waals surface area contributed by atoms with Crippen LogP contribution in [0.3, 0.4) is 0 Å². The molecule has 0 spiro atoms. The predicted molar refractivity (Wildman–Crippen MR) is 77.4 cm³/mol. The summed E-state index contributed by atoms with van der Waals surface area (Å²) in [5.41, 5.74) is 1.12. The number of carbonyl (C=O) groups is 1. The number of likely N-dealkylation sites (N-methyl/N-ethyl adjacent to an activating group) is 1. The molecule has 0 aliphatic carbocycles. The van der Waals surface area contributed by atoms with E-state index < -0.39 is 0 Å². The molecule has 1 rings (SSSR count). The van der Waals surface area contributed by atoms with Gasteiger partial charge < -0.3 is 10.1 Å². The minimum Gasteiger partial charge on any atom is -0.492 e. The molecule has 4 nitrogen and oxygen atoms in total. The van der Waals surface area contributed by atoms with Crippen LogP contribution in [0.1, 0.15) is 5.56 Å². The van der Waals surface area contributed by atoms with Crippen molar-refractivity contribution >= 4 is 5.91 Å². The smallest absolute Gasteiger partial charge is 0.234 e. The molecular weight excluding hydrogens is 240 g/mol. The minimum absolute atomic E-state index is 0.00158. The summed E-state index contributed by atoms with van der Waals surface area (Å²) in [4.78, 5) is 13.4. The Morgan fingerprint density at radius 2 is 2.21 bits per heavy atom. The number of benzene rings is 1. The molecule has 0 radical (unpaired) electrons. The maximum absolute atomic E-state index is 11.5. The third kappa shape index (κ3) is 6.06. The molecule has 0 bridgehead atoms. The third-order valence-corrected chi connectivity index (χ3v) is 2.68. The molecule has 0 saturated heterocycles. The van der Waals surface area contributed by atoms with Gasteiger partial charge in [0.15, 0.2) is 0 Å². The van der Waals surface area contributed by atoms with Gasteiger partial charge in [-0.05, 0) is 25.6 Å². The average molecular weight is 262 g/mol. The maximum atomic E-state index is 11.5. The molecule has 19 heavy (non-hydrogen) atoms. The first-order valence-electron chi connectivity index (χ1n) is 6.38. The van der Waals surface area contributed by atoms with E-state index in [2.05, 4.69) is 11.9 Å². The SMILES string of the molecule is C=CCNC(=O)CN(C)CCOc1ccccc1C. The first-order valence-corrected chi connectivity index (χ1v) is 6.38. The van der Waals surface area contributed by atoms with Gasteiger partial charge in [-0.1, -0.05) is 24.3 Å². The maximum Gasteiger partial charge on any atom is 0.234 e. The summed E-state index contributed by atoms with van der Waals surface area (Å²) in [6.07, 6.45) is 1.67. The fourth-order valence-corrected chi connectivity index (χ4v) is 1.60. The molecule has 104 valence electrons. The molecule has 4 heteroatoms. The number of aryl methyl sites for hydroxylation is 1. The van der Waals surface area contributed by atoms with Crippen molar-refractivity contribution in [1.82, 2.24) is 10.2 Å². The Morgan fingerprint density at radius 3 is 2.89 bits per heavy atom. The molecule has 0 aliphatic heterocycles. The van der Waals surface area contributed by atoms with Crippen LogP contribution in [0.25, 0.3) is 0 Å². The van der Waals surface area contributed by atoms with Gasteiger partial charge in [0.1, 0.15) is 12.4 Å². The van der Waals surface area contributed by atoms with E-state index in [1.165, 1.54) is 0 Å². The Labute approximate surface area is 115 Å². The molecule has 0 heterocycles. The molecular formula is C15H22N2O2. The zero-order valence-corrected chi connectivity index (χ0v) is 11.7. The number of carbonyl (C=O) groups excluding carboxylic acids is 1. The van der Waals surface area contributed by atoms with E-state index in [0.717, 1.165) is 11.3 Å². The number of hydrogen-bond acceptors (Lipinski definition) is 3. The molecule has 1 amide bonds. The van der Waals surface area contributed by atoms with Crippen LogP contribution in [0, 0.1) is 6.92 Å². The number of ether oxygens (including phenoxy) is 1. The molecule has 1 aromatic rings. The zero-order chi connectivity index (χ0) is 14.1. The summed E-state index contributed by atoms with van der Waals surface area (Å²) in [6.45, 7) is 7.71. The summed E-state index contributed by atoms with van der Waals surface area (Å²) in [7, 11) is 1.90. The molecule has 1 N–H and O–H groups in total. The van der Waals surface area contributed by atoms with E-state index in [1.54, 1.807) is 6.08 Å². The van der Waals surface area contributed by atoms with Gasteiger partial charge >= 0.3 is 0 Å². The average Bonchev–Trinajstić information content (AvgIpc) is 2.38. The Balaban J connectivity index is 2.23. The van der Waals surface area contributed by atoms with Gasteiger partial charge in [-0.3, -0.25) is 9.69 Å². The lowest BCUT2D eigenvalue weighted by Crippen LogP contribution is -2.36. The summed E-state index contributed by atoms with van der Waals surface area (Å²) < 4.78 is 5.68. The van der Waals surface area contributed by atoms with Crippen molar-refractivity contribution in [3.8, 4) is 5.75 Å². The van der Waals surface area contributed by atoms with Crippen LogP contribution in [0.15, 0.2) is 36.9 Å². The lowest BCUT2D eigenvalue weighted by atomic mass is 10.2. The number of nitrogens with zero attached hydrogens (tertiary/aromatic N) is 1. The van der Waals surface area contributed by atoms with Crippen LogP contribution in [0.5, 0.6) is 5.75 Å². The minimum atomic E-state index is -0.00158. The van der Waals surface area contributed by atoms with Gasteiger partial charge in [0.2, 0.25) is 5.91 Å². The molecule has 0 atom stereocenters. The second kappa shape index (κ2) is 8.32. The van der Waals surface area contributed by atoms with Gasteiger partial charge in [0, 0.05) is 13.1 Å². The monoisotopic (exact) mass is 262 g/mol. The Hall–Kier alpha value is -1.81. The first kappa shape index (κ1) is 15.2. The highest BCUT2D eigenvalue weighted by atomic mass is 16.5. The second-order valence-electron chi connectivity index (χ2n) is 4.44. The second-order valence-corrected chi connectivity index (χ2v) is 4.44. The van der Waals surface area contributed by atoms with E-state index in [4.69, 9.17) is 4.74 Å². The van der Waals surface area contributed by atoms with E-state index in [1.807, 2.05) is 43.1 Å². The van der Waals surface area contributed by atoms with E-state index >= 15 is 0 Å². The van der Waals surface area contributed by atoms with Crippen molar-refractivity contribution in [3.63, 3.8) is 0 Å². The number of nitrogens with one attached hydrogen (secondary N) is 1. The standard InChI is InChI=1S/C15H22N2O2/c1-4-9-16-15(18)12-17(3)10-11-19-14-8-6-5-7-13(14)2/h4-8H,1,9-12H2,2-3H3,(H,16,18). The number of amides is 1. The van der Waals surface area contributed by atoms with Crippen LogP contribution in [-0.4, -0.2) is 44.1 Å². The molecule has 0 aromatic heterocycles. The van der Waals surface area contributed by atoms with Gasteiger partial charge in [-0.15, -0.1) is 6.58 Å². The largest absolute Gasteiger partial charge is 0.492 e. The Morgan fingerprint density at radius 1 is 1.47 bits per heavy atom. The fourth-order valence-electron chi connectivity index (χ4n) is 1.60. The lowest BCUT2D eigenvalue weighted by molar-refractivity contribution is -0.121. The quantitative estimate of drug-likeness (QED) is 0.724. The van der Waals surface area contributed by atoms with Crippen LogP contribution < -0.4 is 10.1 Å². The van der Waals surface area contributed by atoms with Crippen molar-refractivity contribution in [3.05, 3.63) is 42.5 Å². The fraction of sp³-hybridized carbons (Fsp3) is 0.400. The predicted octanol–water partition coefficient (Wildman–Crippen LogP) is 1.61. The van der Waals surface area contributed by atoms with Crippen LogP contribution >= 0.6 is 0 Å². The van der Waals surface area contributed by atoms with Crippen molar-refractivity contribution in [1.29, 1.82) is 0 Å². The van der Waals surface area contributed by atoms with Crippen molar-refractivity contribution in [2.75, 3.05) is 33.3 Å². The number of rotatable bonds is 8. The van der Waals surface area contributed by atoms with Crippen molar-refractivity contribution in [2.24, 2.45) is 0 Å². The molecule has 0 aliphatic rings. The highest BCUT2D eigenvalue weighted by Gasteiger charge is 2.05. The van der Waals surface area contributed by atoms with E-state index in [-0.39, 0.29) is 5.91 Å². The normalized spacial score (nSPS) is 10.3. The summed E-state index contributed by atoms with van der Waals surface area (Å²) in [5, 5.41) is 2.74. The molecule has 0 saturated carbocycles. The third-order valence-electron chi connectivity index (χ3n) is 2.68. The van der Waals surface area contributed by atoms with Crippen LogP contribution in [0.4, 0.5) is 0 Å². The molecule has 0 unspecified atom stereocenters. The Bertz CT molecular complexity index is 418. The number of hydrogen-bond donors (Lipinski definition) is 1. The summed E-state index contributed by atoms with van der Waals surface area (Å²) >= 11 is 0. The summed E-state index contributed by atoms with van der Waals surface area (Å²) in [5.74, 6) is 0.894. The van der Waals surface area contributed by atoms with Crippen LogP contribution in [-0.2, 0) is 4.79 Å². The molecule has 1 aromatic carbocycles. The van der Waals surface area contributed by atoms with E-state index in [9.17, 15) is 4.79 Å². The highest BCUT2D eigenvalue weighted by molar-refractivity contribution is 5.78.